The summed E-state index contributed by atoms with van der Waals surface area (Å²) in [5.74, 6) is 0.757. The molecule has 0 fully saturated rings. The van der Waals surface area contributed by atoms with Crippen molar-refractivity contribution in [2.45, 2.75) is 12.8 Å². The normalized spacial score (nSPS) is 14.0. The minimum atomic E-state index is 0.757. The third-order valence-corrected chi connectivity index (χ3v) is 4.81. The van der Waals surface area contributed by atoms with Gasteiger partial charge in [-0.25, -0.2) is 9.97 Å². The molecule has 0 N–H and O–H groups in total. The van der Waals surface area contributed by atoms with Crippen LogP contribution in [-0.4, -0.2) is 9.97 Å². The molecule has 2 nitrogen and oxygen atoms in total. The molecule has 1 aliphatic rings. The highest BCUT2D eigenvalue weighted by Gasteiger charge is 2.12. The number of hydrogen-bond acceptors (Lipinski definition) is 2. The fraction of sp³-hybridized carbons (Fsp3) is 0.0909. The van der Waals surface area contributed by atoms with Crippen LogP contribution in [0.5, 0.6) is 0 Å². The van der Waals surface area contributed by atoms with Gasteiger partial charge in [-0.1, -0.05) is 82.7 Å². The van der Waals surface area contributed by atoms with Crippen LogP contribution in [0.4, 0.5) is 0 Å². The van der Waals surface area contributed by atoms with Crippen LogP contribution in [0.3, 0.4) is 0 Å². The van der Waals surface area contributed by atoms with Crippen molar-refractivity contribution in [2.75, 3.05) is 0 Å². The van der Waals surface area contributed by atoms with Crippen LogP contribution in [0.2, 0.25) is 0 Å². The first-order valence-electron chi connectivity index (χ1n) is 8.36. The summed E-state index contributed by atoms with van der Waals surface area (Å²) in [6.45, 7) is 0. The fourth-order valence-electron chi connectivity index (χ4n) is 2.91. The Bertz CT molecular complexity index is 887. The number of rotatable bonds is 3. The Morgan fingerprint density at radius 1 is 0.760 bits per heavy atom. The van der Waals surface area contributed by atoms with Gasteiger partial charge in [-0.05, 0) is 35.0 Å². The molecule has 2 aromatic carbocycles. The predicted octanol–water partition coefficient (Wildman–Crippen LogP) is 6.27. The zero-order valence-corrected chi connectivity index (χ0v) is 15.3. The van der Waals surface area contributed by atoms with Crippen molar-refractivity contribution in [3.8, 4) is 22.6 Å². The summed E-state index contributed by atoms with van der Waals surface area (Å²) in [6, 6.07) is 22.5. The van der Waals surface area contributed by atoms with Gasteiger partial charge >= 0.3 is 0 Å². The zero-order valence-electron chi connectivity index (χ0n) is 13.7. The third kappa shape index (κ3) is 3.62. The molecule has 0 unspecified atom stereocenters. The molecule has 0 bridgehead atoms. The summed E-state index contributed by atoms with van der Waals surface area (Å²) in [6.07, 6.45) is 6.48. The Morgan fingerprint density at radius 3 is 2.08 bits per heavy atom. The highest BCUT2D eigenvalue weighted by molar-refractivity contribution is 9.11. The van der Waals surface area contributed by atoms with Gasteiger partial charge in [-0.3, -0.25) is 0 Å². The van der Waals surface area contributed by atoms with Gasteiger partial charge in [0.25, 0.3) is 0 Å². The molecule has 1 aliphatic carbocycles. The molecule has 122 valence electrons. The highest BCUT2D eigenvalue weighted by Crippen LogP contribution is 2.30. The first-order chi connectivity index (χ1) is 12.3. The Morgan fingerprint density at radius 2 is 1.40 bits per heavy atom. The maximum absolute atomic E-state index is 4.84. The van der Waals surface area contributed by atoms with Crippen molar-refractivity contribution in [1.29, 1.82) is 0 Å². The van der Waals surface area contributed by atoms with E-state index in [1.807, 2.05) is 36.4 Å². The number of hydrogen-bond donors (Lipinski definition) is 0. The number of benzene rings is 2. The lowest BCUT2D eigenvalue weighted by Gasteiger charge is -2.12. The van der Waals surface area contributed by atoms with Gasteiger partial charge in [-0.2, -0.15) is 0 Å². The molecular formula is C22H17BrN2. The summed E-state index contributed by atoms with van der Waals surface area (Å²) in [4.78, 5) is 9.66. The number of allylic oxidation sites excluding steroid dienone is 4. The van der Waals surface area contributed by atoms with Crippen molar-refractivity contribution in [3.05, 3.63) is 89.1 Å². The average molecular weight is 389 g/mol. The monoisotopic (exact) mass is 388 g/mol. The van der Waals surface area contributed by atoms with E-state index in [2.05, 4.69) is 58.4 Å². The van der Waals surface area contributed by atoms with Crippen LogP contribution in [0.15, 0.2) is 83.4 Å². The molecule has 1 heterocycles. The Hall–Kier alpha value is -2.52. The molecule has 1 aromatic heterocycles. The zero-order chi connectivity index (χ0) is 17.1. The molecular weight excluding hydrogens is 372 g/mol. The van der Waals surface area contributed by atoms with Gasteiger partial charge in [0.15, 0.2) is 5.82 Å². The van der Waals surface area contributed by atoms with Crippen LogP contribution in [-0.2, 0) is 0 Å². The molecule has 0 radical (unpaired) electrons. The predicted molar refractivity (Wildman–Crippen MR) is 107 cm³/mol. The lowest BCUT2D eigenvalue weighted by molar-refractivity contribution is 1.02. The first-order valence-corrected chi connectivity index (χ1v) is 9.15. The lowest BCUT2D eigenvalue weighted by Crippen LogP contribution is -1.99. The quantitative estimate of drug-likeness (QED) is 0.528. The summed E-state index contributed by atoms with van der Waals surface area (Å²) < 4.78 is 1.21. The first kappa shape index (κ1) is 16.0. The minimum absolute atomic E-state index is 0.757. The Labute approximate surface area is 156 Å². The molecule has 0 atom stereocenters. The minimum Gasteiger partial charge on any atom is -0.228 e. The summed E-state index contributed by atoms with van der Waals surface area (Å²) in [7, 11) is 0. The van der Waals surface area contributed by atoms with Gasteiger partial charge in [0.2, 0.25) is 0 Å². The molecule has 0 aliphatic heterocycles. The maximum Gasteiger partial charge on any atom is 0.160 e. The van der Waals surface area contributed by atoms with Crippen molar-refractivity contribution in [1.82, 2.24) is 9.97 Å². The van der Waals surface area contributed by atoms with Crippen molar-refractivity contribution in [2.24, 2.45) is 0 Å². The van der Waals surface area contributed by atoms with E-state index in [1.54, 1.807) is 0 Å². The van der Waals surface area contributed by atoms with Gasteiger partial charge in [0.05, 0.1) is 11.4 Å². The van der Waals surface area contributed by atoms with Crippen molar-refractivity contribution >= 4 is 21.5 Å². The molecule has 0 amide bonds. The number of aromatic nitrogens is 2. The Balaban J connectivity index is 1.88. The molecule has 0 saturated heterocycles. The standard InChI is InChI=1S/C22H17BrN2/c23-19-13-7-12-18(14-19)21-15-20(16-8-3-1-4-9-16)24-22(25-21)17-10-5-2-6-11-17/h1-6,8-12,14-15H,7,13H2. The SMILES string of the molecule is BrC1=CC(c2cc(-c3ccccc3)nc(-c3ccccc3)n2)=CCC1. The Kier molecular flexibility index (Phi) is 4.57. The average Bonchev–Trinajstić information content (AvgIpc) is 2.69. The second-order valence-corrected chi connectivity index (χ2v) is 7.00. The second kappa shape index (κ2) is 7.16. The van der Waals surface area contributed by atoms with Crippen LogP contribution in [0, 0.1) is 0 Å². The van der Waals surface area contributed by atoms with Crippen LogP contribution in [0.25, 0.3) is 28.2 Å². The fourth-order valence-corrected chi connectivity index (χ4v) is 3.39. The topological polar surface area (TPSA) is 25.8 Å². The molecule has 0 saturated carbocycles. The summed E-state index contributed by atoms with van der Waals surface area (Å²) in [5.41, 5.74) is 5.18. The van der Waals surface area contributed by atoms with Gasteiger partial charge in [-0.15, -0.1) is 0 Å². The van der Waals surface area contributed by atoms with E-state index in [-0.39, 0.29) is 0 Å². The second-order valence-electron chi connectivity index (χ2n) is 5.98. The number of halogens is 1. The van der Waals surface area contributed by atoms with E-state index in [1.165, 1.54) is 4.48 Å². The van der Waals surface area contributed by atoms with Crippen molar-refractivity contribution in [3.63, 3.8) is 0 Å². The molecule has 4 rings (SSSR count). The molecule has 3 aromatic rings. The van der Waals surface area contributed by atoms with E-state index in [4.69, 9.17) is 9.97 Å². The van der Waals surface area contributed by atoms with E-state index < -0.39 is 0 Å². The highest BCUT2D eigenvalue weighted by atomic mass is 79.9. The van der Waals surface area contributed by atoms with Crippen LogP contribution >= 0.6 is 15.9 Å². The van der Waals surface area contributed by atoms with Gasteiger partial charge < -0.3 is 0 Å². The van der Waals surface area contributed by atoms with Crippen LogP contribution < -0.4 is 0 Å². The summed E-state index contributed by atoms with van der Waals surface area (Å²) >= 11 is 3.63. The van der Waals surface area contributed by atoms with E-state index >= 15 is 0 Å². The molecule has 0 spiro atoms. The molecule has 3 heteroatoms. The smallest absolute Gasteiger partial charge is 0.160 e. The van der Waals surface area contributed by atoms with Crippen molar-refractivity contribution < 1.29 is 0 Å². The van der Waals surface area contributed by atoms with E-state index in [9.17, 15) is 0 Å². The van der Waals surface area contributed by atoms with Crippen LogP contribution in [0.1, 0.15) is 18.5 Å². The number of nitrogens with zero attached hydrogens (tertiary/aromatic N) is 2. The van der Waals surface area contributed by atoms with Gasteiger partial charge in [0, 0.05) is 11.1 Å². The van der Waals surface area contributed by atoms with E-state index in [0.29, 0.717) is 0 Å². The third-order valence-electron chi connectivity index (χ3n) is 4.18. The van der Waals surface area contributed by atoms with Gasteiger partial charge in [0.1, 0.15) is 0 Å². The molecule has 25 heavy (non-hydrogen) atoms. The largest absolute Gasteiger partial charge is 0.228 e. The summed E-state index contributed by atoms with van der Waals surface area (Å²) in [5, 5.41) is 0. The maximum atomic E-state index is 4.84. The lowest BCUT2D eigenvalue weighted by atomic mass is 10.0. The van der Waals surface area contributed by atoms with E-state index in [0.717, 1.165) is 46.8 Å².